The summed E-state index contributed by atoms with van der Waals surface area (Å²) in [7, 11) is 1.43. The Morgan fingerprint density at radius 2 is 2.10 bits per heavy atom. The highest BCUT2D eigenvalue weighted by atomic mass is 16.4. The summed E-state index contributed by atoms with van der Waals surface area (Å²) in [6.07, 6.45) is 1.44. The summed E-state index contributed by atoms with van der Waals surface area (Å²) in [5.74, 6) is -1.40. The van der Waals surface area contributed by atoms with E-state index in [0.29, 0.717) is 13.0 Å². The summed E-state index contributed by atoms with van der Waals surface area (Å²) in [5.41, 5.74) is 1.75. The van der Waals surface area contributed by atoms with Crippen molar-refractivity contribution in [3.8, 4) is 0 Å². The highest BCUT2D eigenvalue weighted by Gasteiger charge is 2.23. The number of hydrogen-bond donors (Lipinski definition) is 3. The van der Waals surface area contributed by atoms with Crippen molar-refractivity contribution in [1.82, 2.24) is 10.6 Å². The number of carbonyl (C=O) groups is 3. The summed E-state index contributed by atoms with van der Waals surface area (Å²) in [4.78, 5) is 35.9. The highest BCUT2D eigenvalue weighted by Crippen LogP contribution is 2.29. The number of carboxylic acid groups (broad SMARTS) is 1. The monoisotopic (exact) mass is 291 g/mol. The van der Waals surface area contributed by atoms with E-state index in [1.807, 2.05) is 0 Å². The van der Waals surface area contributed by atoms with Gasteiger partial charge in [0, 0.05) is 19.3 Å². The van der Waals surface area contributed by atoms with Gasteiger partial charge in [0.1, 0.15) is 0 Å². The summed E-state index contributed by atoms with van der Waals surface area (Å²) >= 11 is 0. The SMILES string of the molecule is CNC(=O)NC(=O)CN1CCCc2c(C(=O)O)cccc21. The van der Waals surface area contributed by atoms with E-state index in [0.717, 1.165) is 17.7 Å². The fourth-order valence-electron chi connectivity index (χ4n) is 2.47. The molecule has 0 aliphatic carbocycles. The highest BCUT2D eigenvalue weighted by molar-refractivity contribution is 5.97. The van der Waals surface area contributed by atoms with Crippen LogP contribution in [0.1, 0.15) is 22.3 Å². The summed E-state index contributed by atoms with van der Waals surface area (Å²) in [6.45, 7) is 0.667. The lowest BCUT2D eigenvalue weighted by Gasteiger charge is -2.31. The van der Waals surface area contributed by atoms with E-state index in [2.05, 4.69) is 10.6 Å². The zero-order chi connectivity index (χ0) is 15.4. The smallest absolute Gasteiger partial charge is 0.336 e. The van der Waals surface area contributed by atoms with Crippen LogP contribution in [0, 0.1) is 0 Å². The number of carboxylic acids is 1. The van der Waals surface area contributed by atoms with Crippen LogP contribution in [-0.4, -0.2) is 43.2 Å². The number of urea groups is 1. The normalized spacial score (nSPS) is 13.3. The number of imide groups is 1. The molecule has 7 nitrogen and oxygen atoms in total. The molecule has 0 atom stereocenters. The van der Waals surface area contributed by atoms with Gasteiger partial charge in [-0.3, -0.25) is 10.1 Å². The molecule has 0 radical (unpaired) electrons. The zero-order valence-corrected chi connectivity index (χ0v) is 11.7. The standard InChI is InChI=1S/C14H17N3O4/c1-15-14(21)16-12(18)8-17-7-3-5-9-10(13(19)20)4-2-6-11(9)17/h2,4,6H,3,5,7-8H2,1H3,(H,19,20)(H2,15,16,18,21). The van der Waals surface area contributed by atoms with E-state index in [1.54, 1.807) is 23.1 Å². The first-order valence-corrected chi connectivity index (χ1v) is 6.64. The first-order valence-electron chi connectivity index (χ1n) is 6.64. The molecule has 0 bridgehead atoms. The lowest BCUT2D eigenvalue weighted by atomic mass is 9.96. The van der Waals surface area contributed by atoms with E-state index < -0.39 is 17.9 Å². The van der Waals surface area contributed by atoms with Gasteiger partial charge in [0.25, 0.3) is 0 Å². The molecule has 1 aliphatic heterocycles. The second kappa shape index (κ2) is 6.25. The second-order valence-electron chi connectivity index (χ2n) is 4.76. The fraction of sp³-hybridized carbons (Fsp3) is 0.357. The molecular weight excluding hydrogens is 274 g/mol. The predicted octanol–water partition coefficient (Wildman–Crippen LogP) is 0.593. The third-order valence-electron chi connectivity index (χ3n) is 3.39. The summed E-state index contributed by atoms with van der Waals surface area (Å²) in [6, 6.07) is 4.47. The van der Waals surface area contributed by atoms with E-state index in [9.17, 15) is 19.5 Å². The Morgan fingerprint density at radius 3 is 2.76 bits per heavy atom. The molecule has 1 aromatic rings. The Hall–Kier alpha value is -2.57. The molecule has 1 aromatic carbocycles. The van der Waals surface area contributed by atoms with Crippen LogP contribution in [0.3, 0.4) is 0 Å². The maximum atomic E-state index is 11.8. The van der Waals surface area contributed by atoms with Gasteiger partial charge in [-0.25, -0.2) is 9.59 Å². The quantitative estimate of drug-likeness (QED) is 0.757. The van der Waals surface area contributed by atoms with Crippen molar-refractivity contribution in [2.75, 3.05) is 25.0 Å². The summed E-state index contributed by atoms with van der Waals surface area (Å²) in [5, 5.41) is 13.7. The van der Waals surface area contributed by atoms with Crippen molar-refractivity contribution >= 4 is 23.6 Å². The summed E-state index contributed by atoms with van der Waals surface area (Å²) < 4.78 is 0. The van der Waals surface area contributed by atoms with Crippen LogP contribution in [-0.2, 0) is 11.2 Å². The number of benzene rings is 1. The molecule has 7 heteroatoms. The first-order chi connectivity index (χ1) is 10.0. The van der Waals surface area contributed by atoms with E-state index in [1.165, 1.54) is 7.05 Å². The Bertz CT molecular complexity index is 586. The molecule has 0 aromatic heterocycles. The van der Waals surface area contributed by atoms with Crippen LogP contribution < -0.4 is 15.5 Å². The van der Waals surface area contributed by atoms with Crippen LogP contribution in [0.25, 0.3) is 0 Å². The third-order valence-corrected chi connectivity index (χ3v) is 3.39. The van der Waals surface area contributed by atoms with Crippen LogP contribution in [0.15, 0.2) is 18.2 Å². The van der Waals surface area contributed by atoms with Crippen LogP contribution >= 0.6 is 0 Å². The number of hydrogen-bond acceptors (Lipinski definition) is 4. The third kappa shape index (κ3) is 3.31. The predicted molar refractivity (Wildman–Crippen MR) is 76.5 cm³/mol. The van der Waals surface area contributed by atoms with Crippen LogP contribution in [0.2, 0.25) is 0 Å². The molecule has 0 fully saturated rings. The average molecular weight is 291 g/mol. The average Bonchev–Trinajstić information content (AvgIpc) is 2.46. The molecular formula is C14H17N3O4. The van der Waals surface area contributed by atoms with Crippen molar-refractivity contribution < 1.29 is 19.5 Å². The Balaban J connectivity index is 2.19. The molecule has 0 unspecified atom stereocenters. The van der Waals surface area contributed by atoms with E-state index in [4.69, 9.17) is 0 Å². The minimum absolute atomic E-state index is 0.0174. The van der Waals surface area contributed by atoms with Gasteiger partial charge in [-0.2, -0.15) is 0 Å². The molecule has 0 spiro atoms. The van der Waals surface area contributed by atoms with Crippen molar-refractivity contribution in [3.05, 3.63) is 29.3 Å². The number of aromatic carboxylic acids is 1. The number of amides is 3. The van der Waals surface area contributed by atoms with Crippen LogP contribution in [0.5, 0.6) is 0 Å². The number of anilines is 1. The maximum Gasteiger partial charge on any atom is 0.336 e. The number of nitrogens with one attached hydrogen (secondary N) is 2. The molecule has 3 amide bonds. The van der Waals surface area contributed by atoms with Gasteiger partial charge in [-0.15, -0.1) is 0 Å². The molecule has 1 aliphatic rings. The molecule has 2 rings (SSSR count). The van der Waals surface area contributed by atoms with Crippen molar-refractivity contribution in [2.45, 2.75) is 12.8 Å². The Kier molecular flexibility index (Phi) is 4.42. The van der Waals surface area contributed by atoms with Gasteiger partial charge in [0.15, 0.2) is 0 Å². The van der Waals surface area contributed by atoms with Gasteiger partial charge in [0.05, 0.1) is 12.1 Å². The lowest BCUT2D eigenvalue weighted by Crippen LogP contribution is -2.44. The van der Waals surface area contributed by atoms with Gasteiger partial charge in [-0.05, 0) is 30.5 Å². The zero-order valence-electron chi connectivity index (χ0n) is 11.7. The van der Waals surface area contributed by atoms with Crippen LogP contribution in [0.4, 0.5) is 10.5 Å². The maximum absolute atomic E-state index is 11.8. The van der Waals surface area contributed by atoms with Crippen molar-refractivity contribution in [2.24, 2.45) is 0 Å². The Labute approximate surface area is 121 Å². The number of fused-ring (bicyclic) bond motifs is 1. The number of nitrogens with zero attached hydrogens (tertiary/aromatic N) is 1. The molecule has 1 heterocycles. The van der Waals surface area contributed by atoms with Gasteiger partial charge in [0.2, 0.25) is 5.91 Å². The molecule has 0 saturated heterocycles. The Morgan fingerprint density at radius 1 is 1.33 bits per heavy atom. The minimum atomic E-state index is -0.969. The van der Waals surface area contributed by atoms with Crippen molar-refractivity contribution in [3.63, 3.8) is 0 Å². The van der Waals surface area contributed by atoms with E-state index in [-0.39, 0.29) is 12.1 Å². The number of carbonyl (C=O) groups excluding carboxylic acids is 2. The molecule has 3 N–H and O–H groups in total. The topological polar surface area (TPSA) is 98.7 Å². The minimum Gasteiger partial charge on any atom is -0.478 e. The molecule has 21 heavy (non-hydrogen) atoms. The molecule has 0 saturated carbocycles. The van der Waals surface area contributed by atoms with Crippen molar-refractivity contribution in [1.29, 1.82) is 0 Å². The largest absolute Gasteiger partial charge is 0.478 e. The van der Waals surface area contributed by atoms with Gasteiger partial charge >= 0.3 is 12.0 Å². The second-order valence-corrected chi connectivity index (χ2v) is 4.76. The first kappa shape index (κ1) is 14.8. The van der Waals surface area contributed by atoms with Gasteiger partial charge < -0.3 is 15.3 Å². The lowest BCUT2D eigenvalue weighted by molar-refractivity contribution is -0.118. The fourth-order valence-corrected chi connectivity index (χ4v) is 2.47. The number of rotatable bonds is 3. The van der Waals surface area contributed by atoms with E-state index >= 15 is 0 Å². The van der Waals surface area contributed by atoms with Gasteiger partial charge in [-0.1, -0.05) is 6.07 Å². The molecule has 112 valence electrons.